The van der Waals surface area contributed by atoms with E-state index in [9.17, 15) is 0 Å². The minimum atomic E-state index is 0.500. The lowest BCUT2D eigenvalue weighted by atomic mass is 9.89. The van der Waals surface area contributed by atoms with Gasteiger partial charge in [-0.15, -0.1) is 0 Å². The van der Waals surface area contributed by atoms with Crippen LogP contribution in [0.15, 0.2) is 0 Å². The van der Waals surface area contributed by atoms with Crippen LogP contribution in [0.1, 0.15) is 20.3 Å². The van der Waals surface area contributed by atoms with Crippen LogP contribution in [0.4, 0.5) is 0 Å². The van der Waals surface area contributed by atoms with Gasteiger partial charge in [-0.05, 0) is 24.3 Å². The zero-order chi connectivity index (χ0) is 13.3. The predicted molar refractivity (Wildman–Crippen MR) is 77.4 cm³/mol. The van der Waals surface area contributed by atoms with Crippen LogP contribution in [0.3, 0.4) is 0 Å². The van der Waals surface area contributed by atoms with Crippen LogP contribution >= 0.6 is 0 Å². The molecule has 0 saturated carbocycles. The second-order valence-electron chi connectivity index (χ2n) is 7.12. The third-order valence-corrected chi connectivity index (χ3v) is 5.23. The minimum Gasteiger partial charge on any atom is -0.379 e. The SMILES string of the molecule is CC1CN(CC2(C)CCNC2)CC1N1CCOCC1. The summed E-state index contributed by atoms with van der Waals surface area (Å²) < 4.78 is 5.48. The summed E-state index contributed by atoms with van der Waals surface area (Å²) in [4.78, 5) is 5.36. The number of nitrogens with zero attached hydrogens (tertiary/aromatic N) is 2. The van der Waals surface area contributed by atoms with E-state index in [0.717, 1.165) is 38.3 Å². The van der Waals surface area contributed by atoms with E-state index in [4.69, 9.17) is 4.74 Å². The van der Waals surface area contributed by atoms with Crippen LogP contribution in [0, 0.1) is 11.3 Å². The molecule has 110 valence electrons. The van der Waals surface area contributed by atoms with Gasteiger partial charge in [0, 0.05) is 45.3 Å². The van der Waals surface area contributed by atoms with E-state index in [0.29, 0.717) is 5.41 Å². The monoisotopic (exact) mass is 267 g/mol. The first-order valence-corrected chi connectivity index (χ1v) is 7.91. The second kappa shape index (κ2) is 5.68. The molecule has 0 aromatic carbocycles. The Bertz CT molecular complexity index is 298. The van der Waals surface area contributed by atoms with Crippen LogP contribution in [-0.4, -0.2) is 74.9 Å². The van der Waals surface area contributed by atoms with Crippen molar-refractivity contribution >= 4 is 0 Å². The third-order valence-electron chi connectivity index (χ3n) is 5.23. The Labute approximate surface area is 117 Å². The Balaban J connectivity index is 1.55. The molecule has 0 aliphatic carbocycles. The van der Waals surface area contributed by atoms with E-state index >= 15 is 0 Å². The Hall–Kier alpha value is -0.160. The molecule has 3 aliphatic rings. The van der Waals surface area contributed by atoms with Crippen molar-refractivity contribution in [1.82, 2.24) is 15.1 Å². The van der Waals surface area contributed by atoms with Crippen molar-refractivity contribution in [2.75, 3.05) is 59.0 Å². The molecule has 0 aromatic heterocycles. The van der Waals surface area contributed by atoms with Gasteiger partial charge < -0.3 is 15.0 Å². The highest BCUT2D eigenvalue weighted by atomic mass is 16.5. The maximum atomic E-state index is 5.48. The standard InChI is InChI=1S/C15H29N3O/c1-13-9-17(12-15(2)3-4-16-11-15)10-14(13)18-5-7-19-8-6-18/h13-14,16H,3-12H2,1-2H3. The molecule has 4 nitrogen and oxygen atoms in total. The molecule has 3 saturated heterocycles. The highest BCUT2D eigenvalue weighted by molar-refractivity contribution is 4.94. The normalized spacial score (nSPS) is 42.0. The van der Waals surface area contributed by atoms with Crippen molar-refractivity contribution in [3.05, 3.63) is 0 Å². The molecule has 0 bridgehead atoms. The van der Waals surface area contributed by atoms with Gasteiger partial charge in [0.25, 0.3) is 0 Å². The first-order chi connectivity index (χ1) is 9.16. The lowest BCUT2D eigenvalue weighted by molar-refractivity contribution is 0.0114. The van der Waals surface area contributed by atoms with Crippen molar-refractivity contribution in [3.63, 3.8) is 0 Å². The number of morpholine rings is 1. The number of nitrogens with one attached hydrogen (secondary N) is 1. The molecule has 19 heavy (non-hydrogen) atoms. The molecule has 3 atom stereocenters. The third kappa shape index (κ3) is 3.13. The summed E-state index contributed by atoms with van der Waals surface area (Å²) in [5.41, 5.74) is 0.500. The quantitative estimate of drug-likeness (QED) is 0.812. The van der Waals surface area contributed by atoms with Gasteiger partial charge in [-0.2, -0.15) is 0 Å². The smallest absolute Gasteiger partial charge is 0.0594 e. The largest absolute Gasteiger partial charge is 0.379 e. The molecule has 3 heterocycles. The summed E-state index contributed by atoms with van der Waals surface area (Å²) in [6.45, 7) is 15.2. The molecule has 3 unspecified atom stereocenters. The van der Waals surface area contributed by atoms with E-state index < -0.39 is 0 Å². The summed E-state index contributed by atoms with van der Waals surface area (Å²) in [5.74, 6) is 0.802. The van der Waals surface area contributed by atoms with Gasteiger partial charge in [0.15, 0.2) is 0 Å². The average molecular weight is 267 g/mol. The molecule has 1 N–H and O–H groups in total. The molecule has 0 amide bonds. The van der Waals surface area contributed by atoms with Crippen molar-refractivity contribution in [3.8, 4) is 0 Å². The van der Waals surface area contributed by atoms with Gasteiger partial charge in [-0.25, -0.2) is 0 Å². The Morgan fingerprint density at radius 1 is 1.26 bits per heavy atom. The first kappa shape index (κ1) is 13.8. The zero-order valence-corrected chi connectivity index (χ0v) is 12.5. The lowest BCUT2D eigenvalue weighted by Gasteiger charge is -2.34. The van der Waals surface area contributed by atoms with Gasteiger partial charge in [0.05, 0.1) is 13.2 Å². The fourth-order valence-electron chi connectivity index (χ4n) is 4.11. The summed E-state index contributed by atoms with van der Waals surface area (Å²) in [6.07, 6.45) is 1.33. The van der Waals surface area contributed by atoms with Gasteiger partial charge in [-0.3, -0.25) is 4.90 Å². The van der Waals surface area contributed by atoms with Gasteiger partial charge in [0.1, 0.15) is 0 Å². The maximum absolute atomic E-state index is 5.48. The van der Waals surface area contributed by atoms with E-state index in [1.807, 2.05) is 0 Å². The molecule has 3 rings (SSSR count). The van der Waals surface area contributed by atoms with Crippen molar-refractivity contribution in [2.24, 2.45) is 11.3 Å². The molecule has 0 spiro atoms. The molecule has 3 fully saturated rings. The van der Waals surface area contributed by atoms with Gasteiger partial charge in [-0.1, -0.05) is 13.8 Å². The second-order valence-corrected chi connectivity index (χ2v) is 7.12. The van der Waals surface area contributed by atoms with Crippen molar-refractivity contribution in [2.45, 2.75) is 26.3 Å². The zero-order valence-electron chi connectivity index (χ0n) is 12.5. The van der Waals surface area contributed by atoms with E-state index in [2.05, 4.69) is 29.0 Å². The van der Waals surface area contributed by atoms with E-state index in [-0.39, 0.29) is 0 Å². The summed E-state index contributed by atoms with van der Waals surface area (Å²) in [7, 11) is 0. The van der Waals surface area contributed by atoms with E-state index in [1.54, 1.807) is 0 Å². The number of rotatable bonds is 3. The molecule has 0 aromatic rings. The minimum absolute atomic E-state index is 0.500. The molecular weight excluding hydrogens is 238 g/mol. The average Bonchev–Trinajstić information content (AvgIpc) is 2.97. The van der Waals surface area contributed by atoms with Crippen LogP contribution in [0.5, 0.6) is 0 Å². The van der Waals surface area contributed by atoms with Crippen molar-refractivity contribution < 1.29 is 4.74 Å². The van der Waals surface area contributed by atoms with Gasteiger partial charge >= 0.3 is 0 Å². The molecular formula is C15H29N3O. The van der Waals surface area contributed by atoms with Gasteiger partial charge in [0.2, 0.25) is 0 Å². The first-order valence-electron chi connectivity index (χ1n) is 7.91. The molecule has 3 aliphatic heterocycles. The molecule has 0 radical (unpaired) electrons. The van der Waals surface area contributed by atoms with E-state index in [1.165, 1.54) is 39.1 Å². The highest BCUT2D eigenvalue weighted by Crippen LogP contribution is 2.30. The maximum Gasteiger partial charge on any atom is 0.0594 e. The number of ether oxygens (including phenoxy) is 1. The summed E-state index contributed by atoms with van der Waals surface area (Å²) >= 11 is 0. The highest BCUT2D eigenvalue weighted by Gasteiger charge is 2.38. The lowest BCUT2D eigenvalue weighted by Crippen LogP contribution is -2.47. The topological polar surface area (TPSA) is 27.7 Å². The number of hydrogen-bond donors (Lipinski definition) is 1. The van der Waals surface area contributed by atoms with Crippen LogP contribution in [0.25, 0.3) is 0 Å². The number of likely N-dealkylation sites (tertiary alicyclic amines) is 1. The Kier molecular flexibility index (Phi) is 4.13. The Morgan fingerprint density at radius 3 is 2.74 bits per heavy atom. The van der Waals surface area contributed by atoms with Crippen LogP contribution in [-0.2, 0) is 4.74 Å². The Morgan fingerprint density at radius 2 is 2.05 bits per heavy atom. The number of hydrogen-bond acceptors (Lipinski definition) is 4. The summed E-state index contributed by atoms with van der Waals surface area (Å²) in [6, 6.07) is 0.752. The summed E-state index contributed by atoms with van der Waals surface area (Å²) in [5, 5.41) is 3.52. The van der Waals surface area contributed by atoms with Crippen molar-refractivity contribution in [1.29, 1.82) is 0 Å². The fraction of sp³-hybridized carbons (Fsp3) is 1.00. The van der Waals surface area contributed by atoms with Crippen LogP contribution < -0.4 is 5.32 Å². The fourth-order valence-corrected chi connectivity index (χ4v) is 4.11. The predicted octanol–water partition coefficient (Wildman–Crippen LogP) is 0.639. The molecule has 4 heteroatoms. The van der Waals surface area contributed by atoms with Crippen LogP contribution in [0.2, 0.25) is 0 Å².